The Morgan fingerprint density at radius 2 is 1.03 bits per heavy atom. The molecule has 4 amide bonds. The van der Waals surface area contributed by atoms with E-state index >= 15 is 0 Å². The second kappa shape index (κ2) is 16.9. The lowest BCUT2D eigenvalue weighted by molar-refractivity contribution is -0.139. The van der Waals surface area contributed by atoms with Crippen LogP contribution in [0, 0.1) is 23.7 Å². The van der Waals surface area contributed by atoms with E-state index in [1.165, 1.54) is 14.2 Å². The molecule has 4 N–H and O–H groups in total. The zero-order chi connectivity index (χ0) is 42.5. The predicted octanol–water partition coefficient (Wildman–Crippen LogP) is 5.76. The van der Waals surface area contributed by atoms with Gasteiger partial charge in [0, 0.05) is 37.1 Å². The molecule has 4 saturated heterocycles. The van der Waals surface area contributed by atoms with Gasteiger partial charge in [-0.2, -0.15) is 0 Å². The van der Waals surface area contributed by atoms with E-state index in [-0.39, 0.29) is 47.8 Å². The number of fused-ring (bicyclic) bond motifs is 2. The molecule has 10 atom stereocenters. The Hall–Kier alpha value is -5.74. The van der Waals surface area contributed by atoms with Crippen LogP contribution in [0.4, 0.5) is 9.59 Å². The molecule has 6 aliphatic rings. The summed E-state index contributed by atoms with van der Waals surface area (Å²) in [5.74, 6) is 1.91. The van der Waals surface area contributed by atoms with Gasteiger partial charge in [0.05, 0.1) is 63.3 Å². The van der Waals surface area contributed by atoms with Gasteiger partial charge in [-0.1, -0.05) is 48.5 Å². The van der Waals surface area contributed by atoms with Crippen molar-refractivity contribution in [1.29, 1.82) is 0 Å². The van der Waals surface area contributed by atoms with E-state index < -0.39 is 24.3 Å². The van der Waals surface area contributed by atoms with Crippen molar-refractivity contribution in [3.8, 4) is 33.6 Å². The number of methoxy groups -OCH3 is 2. The largest absolute Gasteiger partial charge is 0.453 e. The van der Waals surface area contributed by atoms with Crippen molar-refractivity contribution in [3.63, 3.8) is 0 Å². The number of aromatic nitrogens is 4. The third-order valence-electron chi connectivity index (χ3n) is 14.0. The summed E-state index contributed by atoms with van der Waals surface area (Å²) in [5.41, 5.74) is 5.83. The fourth-order valence-electron chi connectivity index (χ4n) is 10.5. The van der Waals surface area contributed by atoms with Gasteiger partial charge in [-0.15, -0.1) is 0 Å². The molecule has 4 aliphatic heterocycles. The van der Waals surface area contributed by atoms with Crippen LogP contribution in [0.25, 0.3) is 33.6 Å². The molecule has 326 valence electrons. The maximum atomic E-state index is 14.2. The molecule has 0 radical (unpaired) electrons. The van der Waals surface area contributed by atoms with Crippen LogP contribution in [0.5, 0.6) is 0 Å². The Balaban J connectivity index is 0.804. The summed E-state index contributed by atoms with van der Waals surface area (Å²) in [6.07, 6.45) is 9.30. The van der Waals surface area contributed by atoms with Crippen LogP contribution in [-0.2, 0) is 28.5 Å². The number of ether oxygens (including phenoxy) is 4. The maximum absolute atomic E-state index is 14.2. The number of alkyl carbamates (subject to hydrolysis) is 2. The fourth-order valence-corrected chi connectivity index (χ4v) is 10.5. The molecule has 6 heterocycles. The first-order valence-electron chi connectivity index (χ1n) is 22.1. The number of rotatable bonds is 11. The van der Waals surface area contributed by atoms with E-state index in [2.05, 4.69) is 69.1 Å². The minimum Gasteiger partial charge on any atom is -0.453 e. The topological polar surface area (TPSA) is 193 Å². The van der Waals surface area contributed by atoms with Gasteiger partial charge in [-0.25, -0.2) is 19.6 Å². The average molecular weight is 847 g/mol. The summed E-state index contributed by atoms with van der Waals surface area (Å²) in [6, 6.07) is 15.1. The number of aromatic amines is 2. The second-order valence-corrected chi connectivity index (χ2v) is 17.8. The lowest BCUT2D eigenvalue weighted by Crippen LogP contribution is -2.54. The molecule has 2 saturated carbocycles. The van der Waals surface area contributed by atoms with Gasteiger partial charge in [0.15, 0.2) is 0 Å². The van der Waals surface area contributed by atoms with E-state index in [0.717, 1.165) is 96.7 Å². The minimum absolute atomic E-state index is 0.101. The molecule has 2 aliphatic carbocycles. The standard InChI is InChI=1S/C46H54N8O8/c1-59-45(57)51-39(29-5-3-15-61-23-29)43(55)53-35-17-31(35)19-37(53)41-47-21-33(49-41)27-11-7-25(8-12-27)26-9-13-28(14-10-26)34-22-48-42(50-34)38-20-32-18-36(32)54(38)44(56)40(52-46(58)60-2)30-6-4-16-62-24-30/h7-14,21-22,29-32,35-40H,3-6,15-20,23-24H2,1-2H3,(H,47,49)(H,48,50)(H,51,57)(H,52,58)/t29-,30-,31+,32+,35+,36+,37-,38-,39?,40?/m0/s1. The third kappa shape index (κ3) is 7.82. The van der Waals surface area contributed by atoms with E-state index in [1.54, 1.807) is 0 Å². The van der Waals surface area contributed by atoms with Crippen LogP contribution in [0.2, 0.25) is 0 Å². The molecule has 4 aromatic rings. The lowest BCUT2D eigenvalue weighted by atomic mass is 9.92. The number of amides is 4. The van der Waals surface area contributed by atoms with E-state index in [9.17, 15) is 19.2 Å². The Kier molecular flexibility index (Phi) is 11.0. The number of hydrogen-bond donors (Lipinski definition) is 4. The first-order valence-corrected chi connectivity index (χ1v) is 22.1. The van der Waals surface area contributed by atoms with Gasteiger partial charge in [0.2, 0.25) is 11.8 Å². The Morgan fingerprint density at radius 3 is 1.40 bits per heavy atom. The predicted molar refractivity (Wildman–Crippen MR) is 225 cm³/mol. The average Bonchev–Trinajstić information content (AvgIpc) is 3.90. The molecule has 2 aromatic heterocycles. The number of carbonyl (C=O) groups excluding carboxylic acids is 4. The summed E-state index contributed by atoms with van der Waals surface area (Å²) in [7, 11) is 2.62. The first-order chi connectivity index (χ1) is 30.3. The highest BCUT2D eigenvalue weighted by atomic mass is 16.5. The number of benzene rings is 2. The number of nitrogens with one attached hydrogen (secondary N) is 4. The van der Waals surface area contributed by atoms with Gasteiger partial charge in [0.1, 0.15) is 23.7 Å². The SMILES string of the molecule is COC(=O)NC(C(=O)N1[C@@H]2C[C@@H]2C[C@H]1c1ncc(-c2ccc(-c3ccc(-c4cnc([C@@H]5C[C@H]6C[C@H]6N5C(=O)C(NC(=O)OC)[C@H]5CCCOC5)[nH]4)cc3)cc2)[nH]1)[C@H]1CCCOC1. The van der Waals surface area contributed by atoms with Crippen molar-refractivity contribution < 1.29 is 38.1 Å². The number of piperidine rings is 2. The highest BCUT2D eigenvalue weighted by Crippen LogP contribution is 2.55. The normalized spacial score (nSPS) is 28.3. The summed E-state index contributed by atoms with van der Waals surface area (Å²) >= 11 is 0. The molecule has 10 rings (SSSR count). The second-order valence-electron chi connectivity index (χ2n) is 17.8. The van der Waals surface area contributed by atoms with Gasteiger partial charge in [-0.05, 0) is 85.5 Å². The minimum atomic E-state index is -0.720. The summed E-state index contributed by atoms with van der Waals surface area (Å²) < 4.78 is 21.2. The van der Waals surface area contributed by atoms with Crippen LogP contribution < -0.4 is 10.6 Å². The molecule has 6 fully saturated rings. The molecule has 0 bridgehead atoms. The molecule has 0 spiro atoms. The van der Waals surface area contributed by atoms with Gasteiger partial charge in [0.25, 0.3) is 0 Å². The monoisotopic (exact) mass is 846 g/mol. The third-order valence-corrected chi connectivity index (χ3v) is 14.0. The molecule has 16 heteroatoms. The van der Waals surface area contributed by atoms with Crippen molar-refractivity contribution in [3.05, 3.63) is 72.6 Å². The molecular weight excluding hydrogens is 793 g/mol. The highest BCUT2D eigenvalue weighted by molar-refractivity contribution is 5.88. The molecule has 16 nitrogen and oxygen atoms in total. The Morgan fingerprint density at radius 1 is 0.629 bits per heavy atom. The van der Waals surface area contributed by atoms with Crippen LogP contribution in [0.1, 0.15) is 75.1 Å². The molecular formula is C46H54N8O8. The quantitative estimate of drug-likeness (QED) is 0.144. The van der Waals surface area contributed by atoms with Gasteiger partial charge >= 0.3 is 12.2 Å². The van der Waals surface area contributed by atoms with Crippen LogP contribution >= 0.6 is 0 Å². The Labute approximate surface area is 359 Å². The zero-order valence-corrected chi connectivity index (χ0v) is 35.1. The van der Waals surface area contributed by atoms with Gasteiger partial charge in [-0.3, -0.25) is 9.59 Å². The molecule has 62 heavy (non-hydrogen) atoms. The maximum Gasteiger partial charge on any atom is 0.407 e. The van der Waals surface area contributed by atoms with Crippen LogP contribution in [0.15, 0.2) is 60.9 Å². The molecule has 2 aromatic carbocycles. The van der Waals surface area contributed by atoms with Crippen molar-refractivity contribution in [2.45, 2.75) is 87.6 Å². The van der Waals surface area contributed by atoms with Crippen LogP contribution in [-0.4, -0.2) is 119 Å². The van der Waals surface area contributed by atoms with E-state index in [0.29, 0.717) is 38.3 Å². The first kappa shape index (κ1) is 40.3. The zero-order valence-electron chi connectivity index (χ0n) is 35.1. The molecule has 2 unspecified atom stereocenters. The summed E-state index contributed by atoms with van der Waals surface area (Å²) in [4.78, 5) is 73.6. The number of imidazole rings is 2. The number of H-pyrrole nitrogens is 2. The van der Waals surface area contributed by atoms with Crippen molar-refractivity contribution in [2.24, 2.45) is 23.7 Å². The number of hydrogen-bond acceptors (Lipinski definition) is 10. The van der Waals surface area contributed by atoms with Crippen LogP contribution in [0.3, 0.4) is 0 Å². The van der Waals surface area contributed by atoms with E-state index in [4.69, 9.17) is 28.9 Å². The van der Waals surface area contributed by atoms with Gasteiger partial charge < -0.3 is 49.3 Å². The number of likely N-dealkylation sites (tertiary alicyclic amines) is 2. The van der Waals surface area contributed by atoms with E-state index in [1.807, 2.05) is 22.2 Å². The van der Waals surface area contributed by atoms with Crippen molar-refractivity contribution in [1.82, 2.24) is 40.4 Å². The summed E-state index contributed by atoms with van der Waals surface area (Å²) in [5, 5.41) is 5.65. The fraction of sp³-hybridized carbons (Fsp3) is 0.522. The highest BCUT2D eigenvalue weighted by Gasteiger charge is 2.58. The van der Waals surface area contributed by atoms with Crippen molar-refractivity contribution >= 4 is 24.0 Å². The summed E-state index contributed by atoms with van der Waals surface area (Å²) in [6.45, 7) is 2.17. The number of carbonyl (C=O) groups is 4. The van der Waals surface area contributed by atoms with Crippen molar-refractivity contribution in [2.75, 3.05) is 40.6 Å². The number of nitrogens with zero attached hydrogens (tertiary/aromatic N) is 4. The smallest absolute Gasteiger partial charge is 0.407 e. The Bertz CT molecular complexity index is 2120. The lowest BCUT2D eigenvalue weighted by Gasteiger charge is -2.35.